The molecule has 0 fully saturated rings. The van der Waals surface area contributed by atoms with Crippen molar-refractivity contribution in [2.24, 2.45) is 5.73 Å². The lowest BCUT2D eigenvalue weighted by molar-refractivity contribution is 0.601. The van der Waals surface area contributed by atoms with Crippen LogP contribution in [-0.2, 0) is 0 Å². The van der Waals surface area contributed by atoms with Crippen LogP contribution in [0, 0.1) is 20.8 Å². The summed E-state index contributed by atoms with van der Waals surface area (Å²) in [6, 6.07) is 4.61. The fourth-order valence-corrected chi connectivity index (χ4v) is 3.37. The van der Waals surface area contributed by atoms with E-state index in [9.17, 15) is 0 Å². The molecule has 0 bridgehead atoms. The van der Waals surface area contributed by atoms with E-state index in [0.717, 1.165) is 0 Å². The van der Waals surface area contributed by atoms with E-state index in [1.807, 2.05) is 0 Å². The number of aryl methyl sites for hydroxylation is 3. The summed E-state index contributed by atoms with van der Waals surface area (Å²) in [6.07, 6.45) is 10.1. The van der Waals surface area contributed by atoms with Crippen LogP contribution in [0.2, 0.25) is 0 Å². The molecule has 1 aliphatic carbocycles. The van der Waals surface area contributed by atoms with E-state index in [-0.39, 0.29) is 6.04 Å². The summed E-state index contributed by atoms with van der Waals surface area (Å²) in [4.78, 5) is 0. The number of rotatable bonds is 2. The highest BCUT2D eigenvalue weighted by molar-refractivity contribution is 5.43. The van der Waals surface area contributed by atoms with E-state index >= 15 is 0 Å². The smallest absolute Gasteiger partial charge is 0.0516 e. The molecule has 0 heterocycles. The molecule has 1 aromatic rings. The molecule has 0 amide bonds. The van der Waals surface area contributed by atoms with Gasteiger partial charge in [-0.05, 0) is 63.1 Å². The third-order valence-corrected chi connectivity index (χ3v) is 4.27. The summed E-state index contributed by atoms with van der Waals surface area (Å²) in [7, 11) is 0. The minimum Gasteiger partial charge on any atom is -0.321 e. The fourth-order valence-electron chi connectivity index (χ4n) is 3.37. The van der Waals surface area contributed by atoms with Gasteiger partial charge >= 0.3 is 0 Å². The van der Waals surface area contributed by atoms with Crippen molar-refractivity contribution in [1.29, 1.82) is 0 Å². The second-order valence-electron chi connectivity index (χ2n) is 6.02. The minimum absolute atomic E-state index is 0.0960. The van der Waals surface area contributed by atoms with Gasteiger partial charge in [0.05, 0.1) is 6.04 Å². The van der Waals surface area contributed by atoms with Crippen LogP contribution >= 0.6 is 0 Å². The molecule has 2 N–H and O–H groups in total. The molecular weight excluding hydrogens is 230 g/mol. The first kappa shape index (κ1) is 14.3. The van der Waals surface area contributed by atoms with E-state index in [1.165, 1.54) is 66.4 Å². The monoisotopic (exact) mass is 257 g/mol. The largest absolute Gasteiger partial charge is 0.321 e. The third kappa shape index (κ3) is 3.48. The lowest BCUT2D eigenvalue weighted by atomic mass is 9.87. The van der Waals surface area contributed by atoms with Gasteiger partial charge in [-0.15, -0.1) is 0 Å². The van der Waals surface area contributed by atoms with Crippen molar-refractivity contribution in [1.82, 2.24) is 0 Å². The Bertz CT molecular complexity index is 448. The standard InChI is InChI=1S/C18H27N/c1-13-11-14(2)17(15(3)12-13)18(19)16-9-7-5-4-6-8-10-16/h9,11-12,18H,4-8,10,19H2,1-3H3/b16-9+. The number of allylic oxidation sites excluding steroid dienone is 1. The van der Waals surface area contributed by atoms with Crippen molar-refractivity contribution in [3.8, 4) is 0 Å². The Labute approximate surface area is 117 Å². The molecule has 1 unspecified atom stereocenters. The normalized spacial score (nSPS) is 21.2. The van der Waals surface area contributed by atoms with E-state index in [4.69, 9.17) is 5.73 Å². The van der Waals surface area contributed by atoms with Gasteiger partial charge in [0.2, 0.25) is 0 Å². The Kier molecular flexibility index (Phi) is 4.81. The summed E-state index contributed by atoms with van der Waals surface area (Å²) in [5, 5.41) is 0. The maximum atomic E-state index is 6.57. The highest BCUT2D eigenvalue weighted by Gasteiger charge is 2.17. The molecular formula is C18H27N. The van der Waals surface area contributed by atoms with Gasteiger partial charge in [-0.3, -0.25) is 0 Å². The Morgan fingerprint density at radius 3 is 2.26 bits per heavy atom. The van der Waals surface area contributed by atoms with Crippen molar-refractivity contribution < 1.29 is 0 Å². The molecule has 0 saturated heterocycles. The maximum Gasteiger partial charge on any atom is 0.0516 e. The molecule has 19 heavy (non-hydrogen) atoms. The zero-order valence-corrected chi connectivity index (χ0v) is 12.6. The van der Waals surface area contributed by atoms with Crippen LogP contribution in [0.1, 0.15) is 66.8 Å². The van der Waals surface area contributed by atoms with Gasteiger partial charge < -0.3 is 5.73 Å². The van der Waals surface area contributed by atoms with Crippen LogP contribution in [0.25, 0.3) is 0 Å². The quantitative estimate of drug-likeness (QED) is 0.750. The van der Waals surface area contributed by atoms with Crippen LogP contribution in [0.3, 0.4) is 0 Å². The molecule has 1 aliphatic rings. The van der Waals surface area contributed by atoms with Crippen LogP contribution < -0.4 is 5.73 Å². The Morgan fingerprint density at radius 1 is 0.947 bits per heavy atom. The van der Waals surface area contributed by atoms with Gasteiger partial charge in [0.1, 0.15) is 0 Å². The van der Waals surface area contributed by atoms with E-state index in [1.54, 1.807) is 0 Å². The average molecular weight is 257 g/mol. The maximum absolute atomic E-state index is 6.57. The number of benzene rings is 1. The molecule has 0 saturated carbocycles. The van der Waals surface area contributed by atoms with Crippen LogP contribution in [0.15, 0.2) is 23.8 Å². The van der Waals surface area contributed by atoms with Crippen molar-refractivity contribution in [2.45, 2.75) is 65.3 Å². The van der Waals surface area contributed by atoms with Crippen molar-refractivity contribution in [3.05, 3.63) is 46.0 Å². The summed E-state index contributed by atoms with van der Waals surface area (Å²) >= 11 is 0. The summed E-state index contributed by atoms with van der Waals surface area (Å²) in [5.41, 5.74) is 13.4. The first-order chi connectivity index (χ1) is 9.09. The lowest BCUT2D eigenvalue weighted by Crippen LogP contribution is -2.17. The molecule has 1 nitrogen and oxygen atoms in total. The van der Waals surface area contributed by atoms with E-state index in [2.05, 4.69) is 39.0 Å². The topological polar surface area (TPSA) is 26.0 Å². The van der Waals surface area contributed by atoms with E-state index in [0.29, 0.717) is 0 Å². The number of hydrogen-bond donors (Lipinski definition) is 1. The summed E-state index contributed by atoms with van der Waals surface area (Å²) in [6.45, 7) is 6.54. The molecule has 1 atom stereocenters. The fraction of sp³-hybridized carbons (Fsp3) is 0.556. The van der Waals surface area contributed by atoms with Crippen LogP contribution in [-0.4, -0.2) is 0 Å². The van der Waals surface area contributed by atoms with Gasteiger partial charge in [0, 0.05) is 0 Å². The molecule has 0 spiro atoms. The zero-order chi connectivity index (χ0) is 13.8. The number of hydrogen-bond acceptors (Lipinski definition) is 1. The van der Waals surface area contributed by atoms with Gasteiger partial charge in [0.15, 0.2) is 0 Å². The minimum atomic E-state index is 0.0960. The van der Waals surface area contributed by atoms with Crippen molar-refractivity contribution in [3.63, 3.8) is 0 Å². The number of nitrogens with two attached hydrogens (primary N) is 1. The molecule has 2 rings (SSSR count). The second-order valence-corrected chi connectivity index (χ2v) is 6.02. The van der Waals surface area contributed by atoms with E-state index < -0.39 is 0 Å². The first-order valence-electron chi connectivity index (χ1n) is 7.62. The molecule has 0 aliphatic heterocycles. The zero-order valence-electron chi connectivity index (χ0n) is 12.6. The Hall–Kier alpha value is -1.08. The second kappa shape index (κ2) is 6.38. The molecule has 1 heteroatoms. The Balaban J connectivity index is 2.30. The molecule has 1 aromatic carbocycles. The van der Waals surface area contributed by atoms with Gasteiger partial charge in [0.25, 0.3) is 0 Å². The van der Waals surface area contributed by atoms with Crippen LogP contribution in [0.5, 0.6) is 0 Å². The highest BCUT2D eigenvalue weighted by atomic mass is 14.6. The average Bonchev–Trinajstić information content (AvgIpc) is 2.26. The predicted molar refractivity (Wildman–Crippen MR) is 83.4 cm³/mol. The molecule has 104 valence electrons. The van der Waals surface area contributed by atoms with Crippen molar-refractivity contribution in [2.75, 3.05) is 0 Å². The Morgan fingerprint density at radius 2 is 1.58 bits per heavy atom. The summed E-state index contributed by atoms with van der Waals surface area (Å²) in [5.74, 6) is 0. The predicted octanol–water partition coefficient (Wildman–Crippen LogP) is 4.89. The highest BCUT2D eigenvalue weighted by Crippen LogP contribution is 2.31. The summed E-state index contributed by atoms with van der Waals surface area (Å²) < 4.78 is 0. The van der Waals surface area contributed by atoms with Crippen molar-refractivity contribution >= 4 is 0 Å². The first-order valence-corrected chi connectivity index (χ1v) is 7.62. The van der Waals surface area contributed by atoms with Gasteiger partial charge in [-0.1, -0.05) is 42.2 Å². The lowest BCUT2D eigenvalue weighted by Gasteiger charge is -2.23. The van der Waals surface area contributed by atoms with Gasteiger partial charge in [-0.25, -0.2) is 0 Å². The van der Waals surface area contributed by atoms with Crippen LogP contribution in [0.4, 0.5) is 0 Å². The third-order valence-electron chi connectivity index (χ3n) is 4.27. The SMILES string of the molecule is Cc1cc(C)c(C(N)/C2=C/CCCCCC2)c(C)c1. The molecule has 0 aromatic heterocycles. The van der Waals surface area contributed by atoms with Gasteiger partial charge in [-0.2, -0.15) is 0 Å². The molecule has 0 radical (unpaired) electrons.